The molecule has 0 nitrogen and oxygen atoms in total. The van der Waals surface area contributed by atoms with Crippen LogP contribution in [-0.4, -0.2) is 0 Å². The molecule has 3 aromatic carbocycles. The monoisotopic (exact) mass is 391 g/mol. The quantitative estimate of drug-likeness (QED) is 0.432. The Balaban J connectivity index is 0.00000169. The Morgan fingerprint density at radius 3 is 2.38 bits per heavy atom. The van der Waals surface area contributed by atoms with Gasteiger partial charge in [0.2, 0.25) is 0 Å². The molecule has 122 valence electrons. The van der Waals surface area contributed by atoms with Crippen LogP contribution in [0.15, 0.2) is 48.5 Å². The Labute approximate surface area is 164 Å². The number of rotatable bonds is 3. The van der Waals surface area contributed by atoms with Gasteiger partial charge in [0.1, 0.15) is 0 Å². The summed E-state index contributed by atoms with van der Waals surface area (Å²) in [6, 6.07) is 18.4. The van der Waals surface area contributed by atoms with E-state index in [2.05, 4.69) is 62.4 Å². The van der Waals surface area contributed by atoms with Crippen LogP contribution in [0.2, 0.25) is 0 Å². The van der Waals surface area contributed by atoms with E-state index in [0.29, 0.717) is 0 Å². The molecule has 0 heterocycles. The summed E-state index contributed by atoms with van der Waals surface area (Å²) in [5.74, 6) is 0.790. The van der Waals surface area contributed by atoms with E-state index in [9.17, 15) is 0 Å². The van der Waals surface area contributed by atoms with Gasteiger partial charge in [0.15, 0.2) is 0 Å². The first-order chi connectivity index (χ1) is 11.3. The largest absolute Gasteiger partial charge is 0.152 e. The van der Waals surface area contributed by atoms with Gasteiger partial charge in [0, 0.05) is 26.2 Å². The van der Waals surface area contributed by atoms with Gasteiger partial charge < -0.3 is 0 Å². The van der Waals surface area contributed by atoms with Gasteiger partial charge in [-0.05, 0) is 36.3 Å². The zero-order valence-electron chi connectivity index (χ0n) is 14.7. The van der Waals surface area contributed by atoms with Crippen LogP contribution in [0.1, 0.15) is 55.2 Å². The van der Waals surface area contributed by atoms with Crippen molar-refractivity contribution < 1.29 is 26.2 Å². The predicted octanol–water partition coefficient (Wildman–Crippen LogP) is 6.75. The summed E-state index contributed by atoms with van der Waals surface area (Å²) in [7, 11) is 0. The van der Waals surface area contributed by atoms with E-state index in [1.807, 2.05) is 0 Å². The normalized spacial score (nSPS) is 14.9. The standard InChI is InChI=1S/C23H25.Zr/c1-3-17-11-13-19(14-12-17)21-10-6-9-20-15-22(16(2)23(20)21)18-7-4-5-8-18;/h6,9-15,18H,3-5,7-8H2,1-2H3;/q-1;. The summed E-state index contributed by atoms with van der Waals surface area (Å²) in [4.78, 5) is 0. The Hall–Kier alpha value is -1.07. The van der Waals surface area contributed by atoms with E-state index in [1.54, 1.807) is 5.56 Å². The maximum atomic E-state index is 2.46. The van der Waals surface area contributed by atoms with Crippen molar-refractivity contribution in [3.05, 3.63) is 65.2 Å². The minimum absolute atomic E-state index is 0. The Bertz CT molecular complexity index is 817. The minimum Gasteiger partial charge on any atom is -0.152 e. The molecule has 3 aromatic rings. The molecule has 0 saturated heterocycles. The first-order valence-electron chi connectivity index (χ1n) is 9.06. The number of benzene rings is 2. The molecule has 0 atom stereocenters. The molecule has 0 amide bonds. The van der Waals surface area contributed by atoms with Crippen LogP contribution >= 0.6 is 0 Å². The van der Waals surface area contributed by atoms with Gasteiger partial charge in [-0.25, -0.2) is 0 Å². The van der Waals surface area contributed by atoms with Crippen LogP contribution < -0.4 is 0 Å². The van der Waals surface area contributed by atoms with Gasteiger partial charge in [-0.15, -0.1) is 34.5 Å². The zero-order chi connectivity index (χ0) is 15.8. The average Bonchev–Trinajstić information content (AvgIpc) is 3.23. The number of fused-ring (bicyclic) bond motifs is 1. The van der Waals surface area contributed by atoms with Gasteiger partial charge in [-0.1, -0.05) is 62.6 Å². The van der Waals surface area contributed by atoms with Crippen molar-refractivity contribution in [2.75, 3.05) is 0 Å². The van der Waals surface area contributed by atoms with Crippen molar-refractivity contribution in [2.24, 2.45) is 0 Å². The molecule has 1 aliphatic rings. The zero-order valence-corrected chi connectivity index (χ0v) is 17.2. The third-order valence-electron chi connectivity index (χ3n) is 5.68. The molecule has 1 saturated carbocycles. The van der Waals surface area contributed by atoms with Crippen molar-refractivity contribution in [2.45, 2.75) is 51.9 Å². The van der Waals surface area contributed by atoms with Crippen LogP contribution in [0.4, 0.5) is 0 Å². The molecular weight excluding hydrogens is 367 g/mol. The third kappa shape index (κ3) is 3.08. The Kier molecular flexibility index (Phi) is 5.50. The van der Waals surface area contributed by atoms with Crippen molar-refractivity contribution in [1.29, 1.82) is 0 Å². The number of aryl methyl sites for hydroxylation is 2. The first-order valence-corrected chi connectivity index (χ1v) is 9.06. The van der Waals surface area contributed by atoms with Crippen molar-refractivity contribution in [3.8, 4) is 11.1 Å². The molecule has 1 heteroatoms. The molecule has 0 radical (unpaired) electrons. The minimum atomic E-state index is 0. The molecule has 0 aromatic heterocycles. The molecular formula is C23H25Zr-. The van der Waals surface area contributed by atoms with Crippen LogP contribution in [0, 0.1) is 6.92 Å². The summed E-state index contributed by atoms with van der Waals surface area (Å²) >= 11 is 0. The topological polar surface area (TPSA) is 0 Å². The van der Waals surface area contributed by atoms with Gasteiger partial charge in [-0.3, -0.25) is 0 Å². The van der Waals surface area contributed by atoms with Gasteiger partial charge >= 0.3 is 0 Å². The fourth-order valence-corrected chi connectivity index (χ4v) is 4.35. The maximum Gasteiger partial charge on any atom is 0 e. The van der Waals surface area contributed by atoms with E-state index in [1.165, 1.54) is 58.7 Å². The van der Waals surface area contributed by atoms with E-state index in [-0.39, 0.29) is 26.2 Å². The Morgan fingerprint density at radius 1 is 1.00 bits per heavy atom. The van der Waals surface area contributed by atoms with Crippen molar-refractivity contribution in [3.63, 3.8) is 0 Å². The van der Waals surface area contributed by atoms with Crippen LogP contribution in [0.25, 0.3) is 21.9 Å². The summed E-state index contributed by atoms with van der Waals surface area (Å²) < 4.78 is 0. The molecule has 1 aliphatic carbocycles. The summed E-state index contributed by atoms with van der Waals surface area (Å²) in [5.41, 5.74) is 7.27. The second kappa shape index (κ2) is 7.44. The van der Waals surface area contributed by atoms with Gasteiger partial charge in [0.05, 0.1) is 0 Å². The Morgan fingerprint density at radius 2 is 1.71 bits per heavy atom. The smallest absolute Gasteiger partial charge is 0 e. The SMILES string of the molecule is CCc1ccc(-c2cccc3[cH-]c(C4CCCC4)c(C)c23)cc1.[Zr]. The van der Waals surface area contributed by atoms with Crippen molar-refractivity contribution >= 4 is 10.8 Å². The molecule has 0 bridgehead atoms. The molecule has 0 spiro atoms. The van der Waals surface area contributed by atoms with Gasteiger partial charge in [-0.2, -0.15) is 5.56 Å². The first kappa shape index (κ1) is 17.7. The molecule has 1 fully saturated rings. The number of hydrogen-bond acceptors (Lipinski definition) is 0. The number of hydrogen-bond donors (Lipinski definition) is 0. The predicted molar refractivity (Wildman–Crippen MR) is 100 cm³/mol. The van der Waals surface area contributed by atoms with E-state index < -0.39 is 0 Å². The summed E-state index contributed by atoms with van der Waals surface area (Å²) in [6.45, 7) is 4.55. The van der Waals surface area contributed by atoms with E-state index >= 15 is 0 Å². The van der Waals surface area contributed by atoms with Crippen LogP contribution in [-0.2, 0) is 32.6 Å². The third-order valence-corrected chi connectivity index (χ3v) is 5.68. The fourth-order valence-electron chi connectivity index (χ4n) is 4.35. The van der Waals surface area contributed by atoms with Crippen molar-refractivity contribution in [1.82, 2.24) is 0 Å². The van der Waals surface area contributed by atoms with Crippen LogP contribution in [0.5, 0.6) is 0 Å². The second-order valence-electron chi connectivity index (χ2n) is 7.03. The second-order valence-corrected chi connectivity index (χ2v) is 7.03. The van der Waals surface area contributed by atoms with E-state index in [4.69, 9.17) is 0 Å². The molecule has 0 N–H and O–H groups in total. The fraction of sp³-hybridized carbons (Fsp3) is 0.348. The van der Waals surface area contributed by atoms with Gasteiger partial charge in [0.25, 0.3) is 0 Å². The molecule has 4 rings (SSSR count). The van der Waals surface area contributed by atoms with Crippen LogP contribution in [0.3, 0.4) is 0 Å². The molecule has 0 aliphatic heterocycles. The maximum absolute atomic E-state index is 2.46. The molecule has 24 heavy (non-hydrogen) atoms. The molecule has 0 unspecified atom stereocenters. The average molecular weight is 393 g/mol. The van der Waals surface area contributed by atoms with E-state index in [0.717, 1.165) is 12.3 Å². The summed E-state index contributed by atoms with van der Waals surface area (Å²) in [5, 5.41) is 2.89. The summed E-state index contributed by atoms with van der Waals surface area (Å²) in [6.07, 6.45) is 6.65.